The molecule has 3 aromatic rings. The summed E-state index contributed by atoms with van der Waals surface area (Å²) in [5, 5.41) is 3.45. The van der Waals surface area contributed by atoms with Crippen LogP contribution in [0.5, 0.6) is 11.5 Å². The van der Waals surface area contributed by atoms with Gasteiger partial charge in [0.25, 0.3) is 0 Å². The van der Waals surface area contributed by atoms with Gasteiger partial charge in [0.2, 0.25) is 5.91 Å². The third kappa shape index (κ3) is 5.04. The molecule has 5 nitrogen and oxygen atoms in total. The summed E-state index contributed by atoms with van der Waals surface area (Å²) in [4.78, 5) is 20.6. The first kappa shape index (κ1) is 17.9. The number of amides is 1. The maximum absolute atomic E-state index is 12.2. The Balaban J connectivity index is 1.58. The number of aromatic nitrogens is 2. The van der Waals surface area contributed by atoms with Crippen molar-refractivity contribution in [2.75, 3.05) is 5.32 Å². The molecule has 0 saturated carbocycles. The summed E-state index contributed by atoms with van der Waals surface area (Å²) in [6, 6.07) is 16.2. The molecular weight excluding hydrogens is 350 g/mol. The molecule has 0 aliphatic carbocycles. The van der Waals surface area contributed by atoms with E-state index in [1.807, 2.05) is 31.2 Å². The summed E-state index contributed by atoms with van der Waals surface area (Å²) in [7, 11) is 0. The van der Waals surface area contributed by atoms with Gasteiger partial charge in [-0.3, -0.25) is 4.79 Å². The molecule has 132 valence electrons. The van der Waals surface area contributed by atoms with E-state index in [4.69, 9.17) is 16.3 Å². The maximum atomic E-state index is 12.2. The van der Waals surface area contributed by atoms with E-state index in [0.29, 0.717) is 28.2 Å². The van der Waals surface area contributed by atoms with Gasteiger partial charge < -0.3 is 10.1 Å². The molecular formula is C20H18ClN3O2. The number of aryl methyl sites for hydroxylation is 1. The lowest BCUT2D eigenvalue weighted by molar-refractivity contribution is -0.115. The number of carbonyl (C=O) groups is 1. The first-order valence-electron chi connectivity index (χ1n) is 8.26. The fraction of sp³-hybridized carbons (Fsp3) is 0.150. The van der Waals surface area contributed by atoms with Crippen molar-refractivity contribution in [3.05, 3.63) is 77.2 Å². The van der Waals surface area contributed by atoms with Gasteiger partial charge in [0.15, 0.2) is 0 Å². The summed E-state index contributed by atoms with van der Waals surface area (Å²) in [6.45, 7) is 1.97. The monoisotopic (exact) mass is 367 g/mol. The molecule has 1 aromatic heterocycles. The van der Waals surface area contributed by atoms with Crippen molar-refractivity contribution < 1.29 is 9.53 Å². The van der Waals surface area contributed by atoms with Crippen LogP contribution < -0.4 is 10.1 Å². The van der Waals surface area contributed by atoms with Gasteiger partial charge in [-0.25, -0.2) is 9.97 Å². The van der Waals surface area contributed by atoms with Crippen molar-refractivity contribution in [2.24, 2.45) is 0 Å². The van der Waals surface area contributed by atoms with E-state index >= 15 is 0 Å². The van der Waals surface area contributed by atoms with Crippen molar-refractivity contribution in [1.29, 1.82) is 0 Å². The lowest BCUT2D eigenvalue weighted by Crippen LogP contribution is -2.15. The molecule has 0 spiro atoms. The second kappa shape index (κ2) is 8.45. The molecule has 0 aliphatic rings. The average Bonchev–Trinajstić information content (AvgIpc) is 2.65. The lowest BCUT2D eigenvalue weighted by Gasteiger charge is -2.08. The van der Waals surface area contributed by atoms with Gasteiger partial charge in [0.1, 0.15) is 23.1 Å². The van der Waals surface area contributed by atoms with Crippen LogP contribution in [0.3, 0.4) is 0 Å². The van der Waals surface area contributed by atoms with Crippen molar-refractivity contribution in [1.82, 2.24) is 9.97 Å². The zero-order chi connectivity index (χ0) is 18.4. The van der Waals surface area contributed by atoms with E-state index in [1.54, 1.807) is 36.5 Å². The van der Waals surface area contributed by atoms with Gasteiger partial charge in [-0.05, 0) is 48.0 Å². The van der Waals surface area contributed by atoms with E-state index in [1.165, 1.54) is 0 Å². The maximum Gasteiger partial charge on any atom is 0.229 e. The standard InChI is InChI=1S/C20H18ClN3O2/c1-2-18-22-12-11-19(23-18)24-20(25)13-14-3-7-16(8-4-14)26-17-9-5-15(21)6-10-17/h3-12H,2,13H2,1H3,(H,22,23,24,25). The molecule has 0 saturated heterocycles. The number of halogens is 1. The van der Waals surface area contributed by atoms with Crippen molar-refractivity contribution in [3.8, 4) is 11.5 Å². The molecule has 0 fully saturated rings. The fourth-order valence-corrected chi connectivity index (χ4v) is 2.45. The number of rotatable bonds is 6. The van der Waals surface area contributed by atoms with Crippen LogP contribution >= 0.6 is 11.6 Å². The highest BCUT2D eigenvalue weighted by atomic mass is 35.5. The van der Waals surface area contributed by atoms with Crippen LogP contribution in [0.2, 0.25) is 5.02 Å². The summed E-state index contributed by atoms with van der Waals surface area (Å²) < 4.78 is 5.74. The fourth-order valence-electron chi connectivity index (χ4n) is 2.33. The molecule has 0 unspecified atom stereocenters. The van der Waals surface area contributed by atoms with Gasteiger partial charge >= 0.3 is 0 Å². The van der Waals surface area contributed by atoms with E-state index in [-0.39, 0.29) is 12.3 Å². The lowest BCUT2D eigenvalue weighted by atomic mass is 10.1. The molecule has 0 radical (unpaired) electrons. The minimum absolute atomic E-state index is 0.128. The van der Waals surface area contributed by atoms with Gasteiger partial charge in [0, 0.05) is 17.6 Å². The Hall–Kier alpha value is -2.92. The predicted octanol–water partition coefficient (Wildman–Crippen LogP) is 4.67. The zero-order valence-electron chi connectivity index (χ0n) is 14.3. The first-order valence-corrected chi connectivity index (χ1v) is 8.64. The Morgan fingerprint density at radius 3 is 2.35 bits per heavy atom. The number of hydrogen-bond acceptors (Lipinski definition) is 4. The zero-order valence-corrected chi connectivity index (χ0v) is 15.0. The topological polar surface area (TPSA) is 64.1 Å². The molecule has 2 aromatic carbocycles. The van der Waals surface area contributed by atoms with Crippen LogP contribution in [-0.4, -0.2) is 15.9 Å². The number of ether oxygens (including phenoxy) is 1. The highest BCUT2D eigenvalue weighted by Gasteiger charge is 2.06. The average molecular weight is 368 g/mol. The summed E-state index contributed by atoms with van der Waals surface area (Å²) in [5.41, 5.74) is 0.885. The van der Waals surface area contributed by atoms with Gasteiger partial charge in [-0.1, -0.05) is 30.7 Å². The molecule has 26 heavy (non-hydrogen) atoms. The molecule has 0 atom stereocenters. The molecule has 1 N–H and O–H groups in total. The molecule has 6 heteroatoms. The number of nitrogens with one attached hydrogen (secondary N) is 1. The number of anilines is 1. The SMILES string of the molecule is CCc1nccc(NC(=O)Cc2ccc(Oc3ccc(Cl)cc3)cc2)n1. The van der Waals surface area contributed by atoms with Crippen LogP contribution in [0.1, 0.15) is 18.3 Å². The minimum Gasteiger partial charge on any atom is -0.457 e. The second-order valence-electron chi connectivity index (χ2n) is 5.64. The van der Waals surface area contributed by atoms with E-state index in [2.05, 4.69) is 15.3 Å². The van der Waals surface area contributed by atoms with Gasteiger partial charge in [0.05, 0.1) is 6.42 Å². The number of nitrogens with zero attached hydrogens (tertiary/aromatic N) is 2. The normalized spacial score (nSPS) is 10.4. The predicted molar refractivity (Wildman–Crippen MR) is 102 cm³/mol. The largest absolute Gasteiger partial charge is 0.457 e. The van der Waals surface area contributed by atoms with Crippen LogP contribution in [0.15, 0.2) is 60.8 Å². The summed E-state index contributed by atoms with van der Waals surface area (Å²) in [5.74, 6) is 2.49. The minimum atomic E-state index is -0.128. The van der Waals surface area contributed by atoms with Crippen molar-refractivity contribution in [2.45, 2.75) is 19.8 Å². The summed E-state index contributed by atoms with van der Waals surface area (Å²) in [6.07, 6.45) is 2.62. The van der Waals surface area contributed by atoms with Crippen LogP contribution in [0.4, 0.5) is 5.82 Å². The molecule has 3 rings (SSSR count). The molecule has 1 heterocycles. The highest BCUT2D eigenvalue weighted by molar-refractivity contribution is 6.30. The summed E-state index contributed by atoms with van der Waals surface area (Å²) >= 11 is 5.86. The molecule has 0 bridgehead atoms. The Kier molecular flexibility index (Phi) is 5.81. The van der Waals surface area contributed by atoms with E-state index in [9.17, 15) is 4.79 Å². The number of benzene rings is 2. The Morgan fingerprint density at radius 2 is 1.69 bits per heavy atom. The number of hydrogen-bond donors (Lipinski definition) is 1. The highest BCUT2D eigenvalue weighted by Crippen LogP contribution is 2.23. The van der Waals surface area contributed by atoms with Crippen LogP contribution in [-0.2, 0) is 17.6 Å². The van der Waals surface area contributed by atoms with Crippen LogP contribution in [0.25, 0.3) is 0 Å². The number of carbonyl (C=O) groups excluding carboxylic acids is 1. The van der Waals surface area contributed by atoms with Gasteiger partial charge in [-0.2, -0.15) is 0 Å². The van der Waals surface area contributed by atoms with Crippen molar-refractivity contribution >= 4 is 23.3 Å². The molecule has 1 amide bonds. The Bertz CT molecular complexity index is 880. The Morgan fingerprint density at radius 1 is 1.04 bits per heavy atom. The first-order chi connectivity index (χ1) is 12.6. The third-order valence-corrected chi connectivity index (χ3v) is 3.88. The Labute approximate surface area is 157 Å². The smallest absolute Gasteiger partial charge is 0.229 e. The third-order valence-electron chi connectivity index (χ3n) is 3.63. The van der Waals surface area contributed by atoms with E-state index in [0.717, 1.165) is 12.0 Å². The van der Waals surface area contributed by atoms with Crippen molar-refractivity contribution in [3.63, 3.8) is 0 Å². The van der Waals surface area contributed by atoms with E-state index < -0.39 is 0 Å². The van der Waals surface area contributed by atoms with Gasteiger partial charge in [-0.15, -0.1) is 0 Å². The van der Waals surface area contributed by atoms with Crippen LogP contribution in [0, 0.1) is 0 Å². The quantitative estimate of drug-likeness (QED) is 0.687. The second-order valence-corrected chi connectivity index (χ2v) is 6.07. The molecule has 0 aliphatic heterocycles.